The Balaban J connectivity index is 4.05. The van der Waals surface area contributed by atoms with E-state index < -0.39 is 0 Å². The Hall–Kier alpha value is -0.570. The highest BCUT2D eigenvalue weighted by molar-refractivity contribution is 5.81. The molecule has 0 atom stereocenters. The first-order valence-electron chi connectivity index (χ1n) is 7.71. The van der Waals surface area contributed by atoms with Crippen LogP contribution in [0.2, 0.25) is 0 Å². The lowest BCUT2D eigenvalue weighted by Gasteiger charge is -2.29. The Kier molecular flexibility index (Phi) is 9.07. The molecule has 0 aliphatic carbocycles. The van der Waals surface area contributed by atoms with Crippen molar-refractivity contribution in [3.05, 3.63) is 0 Å². The van der Waals surface area contributed by atoms with Gasteiger partial charge >= 0.3 is 0 Å². The predicted molar refractivity (Wildman–Crippen MR) is 83.3 cm³/mol. The number of hydrogen-bond acceptors (Lipinski definition) is 2. The van der Waals surface area contributed by atoms with E-state index >= 15 is 0 Å². The lowest BCUT2D eigenvalue weighted by atomic mass is 9.85. The second kappa shape index (κ2) is 9.35. The number of carbonyl (C=O) groups is 1. The Morgan fingerprint density at radius 1 is 0.947 bits per heavy atom. The zero-order chi connectivity index (χ0) is 14.9. The molecule has 0 saturated carbocycles. The van der Waals surface area contributed by atoms with Gasteiger partial charge in [-0.15, -0.1) is 0 Å². The van der Waals surface area contributed by atoms with E-state index in [0.717, 1.165) is 32.4 Å². The minimum absolute atomic E-state index is 0.208. The quantitative estimate of drug-likeness (QED) is 0.568. The summed E-state index contributed by atoms with van der Waals surface area (Å²) in [5.74, 6) is 0.294. The maximum Gasteiger partial charge on any atom is 0.227 e. The van der Waals surface area contributed by atoms with Crippen LogP contribution in [-0.4, -0.2) is 49.9 Å². The van der Waals surface area contributed by atoms with Gasteiger partial charge in [-0.25, -0.2) is 0 Å². The Morgan fingerprint density at radius 3 is 2.11 bits per heavy atom. The van der Waals surface area contributed by atoms with Gasteiger partial charge in [-0.1, -0.05) is 46.5 Å². The first-order valence-corrected chi connectivity index (χ1v) is 7.71. The van der Waals surface area contributed by atoms with Gasteiger partial charge in [0.1, 0.15) is 0 Å². The summed E-state index contributed by atoms with van der Waals surface area (Å²) in [4.78, 5) is 16.5. The summed E-state index contributed by atoms with van der Waals surface area (Å²) in [5.41, 5.74) is -0.208. The third-order valence-corrected chi connectivity index (χ3v) is 3.68. The largest absolute Gasteiger partial charge is 0.345 e. The lowest BCUT2D eigenvalue weighted by molar-refractivity contribution is -0.139. The van der Waals surface area contributed by atoms with Crippen molar-refractivity contribution >= 4 is 5.91 Å². The number of rotatable bonds is 10. The molecule has 0 bridgehead atoms. The van der Waals surface area contributed by atoms with Gasteiger partial charge in [-0.2, -0.15) is 0 Å². The van der Waals surface area contributed by atoms with E-state index in [1.54, 1.807) is 0 Å². The molecule has 114 valence electrons. The smallest absolute Gasteiger partial charge is 0.227 e. The maximum absolute atomic E-state index is 12.4. The van der Waals surface area contributed by atoms with Gasteiger partial charge in [0.05, 0.1) is 0 Å². The molecular formula is C16H34N2O. The van der Waals surface area contributed by atoms with Gasteiger partial charge in [-0.3, -0.25) is 4.79 Å². The fourth-order valence-electron chi connectivity index (χ4n) is 2.34. The predicted octanol–water partition coefficient (Wildman–Crippen LogP) is 3.39. The third-order valence-electron chi connectivity index (χ3n) is 3.68. The van der Waals surface area contributed by atoms with Crippen LogP contribution in [0, 0.1) is 5.41 Å². The van der Waals surface area contributed by atoms with E-state index in [-0.39, 0.29) is 5.41 Å². The zero-order valence-electron chi connectivity index (χ0n) is 14.0. The van der Waals surface area contributed by atoms with E-state index in [0.29, 0.717) is 5.91 Å². The van der Waals surface area contributed by atoms with Crippen LogP contribution in [0.1, 0.15) is 59.3 Å². The topological polar surface area (TPSA) is 23.6 Å². The molecule has 0 aromatic heterocycles. The minimum Gasteiger partial charge on any atom is -0.345 e. The normalized spacial score (nSPS) is 11.9. The summed E-state index contributed by atoms with van der Waals surface area (Å²) in [6.45, 7) is 8.28. The van der Waals surface area contributed by atoms with Crippen molar-refractivity contribution < 1.29 is 4.79 Å². The molecule has 0 aliphatic rings. The molecule has 0 N–H and O–H groups in total. The highest BCUT2D eigenvalue weighted by Gasteiger charge is 2.29. The molecule has 0 saturated heterocycles. The third kappa shape index (κ3) is 8.25. The van der Waals surface area contributed by atoms with Crippen LogP contribution < -0.4 is 0 Å². The molecule has 1 amide bonds. The summed E-state index contributed by atoms with van der Waals surface area (Å²) in [7, 11) is 6.07. The second-order valence-corrected chi connectivity index (χ2v) is 6.58. The molecule has 0 heterocycles. The van der Waals surface area contributed by atoms with E-state index in [9.17, 15) is 4.79 Å². The standard InChI is InChI=1S/C16H34N2O/c1-7-8-9-10-12-16(2,3)15(19)18(6)14-11-13-17(4)5/h7-14H2,1-6H3. The van der Waals surface area contributed by atoms with Crippen molar-refractivity contribution in [2.75, 3.05) is 34.2 Å². The Morgan fingerprint density at radius 2 is 1.58 bits per heavy atom. The average Bonchev–Trinajstić information content (AvgIpc) is 2.33. The monoisotopic (exact) mass is 270 g/mol. The Bertz CT molecular complexity index is 249. The van der Waals surface area contributed by atoms with Gasteiger partial charge in [-0.05, 0) is 33.5 Å². The van der Waals surface area contributed by atoms with Gasteiger partial charge in [0.25, 0.3) is 0 Å². The van der Waals surface area contributed by atoms with Crippen LogP contribution in [-0.2, 0) is 4.79 Å². The van der Waals surface area contributed by atoms with E-state index in [1.807, 2.05) is 11.9 Å². The Labute approximate surface area is 120 Å². The summed E-state index contributed by atoms with van der Waals surface area (Å²) in [6.07, 6.45) is 6.99. The summed E-state index contributed by atoms with van der Waals surface area (Å²) in [6, 6.07) is 0. The van der Waals surface area contributed by atoms with E-state index in [1.165, 1.54) is 19.3 Å². The van der Waals surface area contributed by atoms with E-state index in [4.69, 9.17) is 0 Å². The van der Waals surface area contributed by atoms with Crippen LogP contribution in [0.5, 0.6) is 0 Å². The highest BCUT2D eigenvalue weighted by Crippen LogP contribution is 2.26. The second-order valence-electron chi connectivity index (χ2n) is 6.58. The summed E-state index contributed by atoms with van der Waals surface area (Å²) in [5, 5.41) is 0. The first kappa shape index (κ1) is 18.4. The van der Waals surface area contributed by atoms with Crippen molar-refractivity contribution in [2.45, 2.75) is 59.3 Å². The minimum atomic E-state index is -0.208. The van der Waals surface area contributed by atoms with Crippen LogP contribution >= 0.6 is 0 Å². The van der Waals surface area contributed by atoms with Crippen LogP contribution in [0.3, 0.4) is 0 Å². The average molecular weight is 270 g/mol. The molecule has 0 aromatic carbocycles. The summed E-state index contributed by atoms with van der Waals surface area (Å²) >= 11 is 0. The number of unbranched alkanes of at least 4 members (excludes halogenated alkanes) is 3. The molecule has 0 rings (SSSR count). The number of nitrogens with zero attached hydrogens (tertiary/aromatic N) is 2. The fraction of sp³-hybridized carbons (Fsp3) is 0.938. The molecule has 0 aliphatic heterocycles. The van der Waals surface area contributed by atoms with Crippen molar-refractivity contribution in [3.8, 4) is 0 Å². The van der Waals surface area contributed by atoms with Gasteiger partial charge in [0.2, 0.25) is 5.91 Å². The van der Waals surface area contributed by atoms with Crippen molar-refractivity contribution in [2.24, 2.45) is 5.41 Å². The molecule has 3 nitrogen and oxygen atoms in total. The van der Waals surface area contributed by atoms with Crippen LogP contribution in [0.15, 0.2) is 0 Å². The van der Waals surface area contributed by atoms with Crippen LogP contribution in [0.4, 0.5) is 0 Å². The van der Waals surface area contributed by atoms with Crippen molar-refractivity contribution in [3.63, 3.8) is 0 Å². The molecule has 0 radical (unpaired) electrons. The lowest BCUT2D eigenvalue weighted by Crippen LogP contribution is -2.39. The molecular weight excluding hydrogens is 236 g/mol. The highest BCUT2D eigenvalue weighted by atomic mass is 16.2. The molecule has 0 unspecified atom stereocenters. The van der Waals surface area contributed by atoms with E-state index in [2.05, 4.69) is 39.8 Å². The van der Waals surface area contributed by atoms with Gasteiger partial charge < -0.3 is 9.80 Å². The molecule has 3 heteroatoms. The SMILES string of the molecule is CCCCCCC(C)(C)C(=O)N(C)CCCN(C)C. The summed E-state index contributed by atoms with van der Waals surface area (Å²) < 4.78 is 0. The van der Waals surface area contributed by atoms with Crippen molar-refractivity contribution in [1.29, 1.82) is 0 Å². The van der Waals surface area contributed by atoms with Crippen molar-refractivity contribution in [1.82, 2.24) is 9.80 Å². The number of amides is 1. The fourth-order valence-corrected chi connectivity index (χ4v) is 2.34. The van der Waals surface area contributed by atoms with Gasteiger partial charge in [0.15, 0.2) is 0 Å². The zero-order valence-corrected chi connectivity index (χ0v) is 14.0. The molecule has 19 heavy (non-hydrogen) atoms. The molecule has 0 aromatic rings. The number of hydrogen-bond donors (Lipinski definition) is 0. The van der Waals surface area contributed by atoms with Gasteiger partial charge in [0, 0.05) is 19.0 Å². The molecule has 0 spiro atoms. The first-order chi connectivity index (χ1) is 8.81. The number of carbonyl (C=O) groups excluding carboxylic acids is 1. The maximum atomic E-state index is 12.4. The van der Waals surface area contributed by atoms with Crippen LogP contribution in [0.25, 0.3) is 0 Å². The molecule has 0 fully saturated rings.